The van der Waals surface area contributed by atoms with E-state index in [1.165, 1.54) is 36.1 Å². The van der Waals surface area contributed by atoms with Crippen LogP contribution < -0.4 is 4.72 Å². The number of carbonyl (C=O) groups excluding carboxylic acids is 1. The lowest BCUT2D eigenvalue weighted by Crippen LogP contribution is -2.13. The zero-order valence-corrected chi connectivity index (χ0v) is 13.4. The lowest BCUT2D eigenvalue weighted by Gasteiger charge is -2.10. The summed E-state index contributed by atoms with van der Waals surface area (Å²) in [5.74, 6) is -0.201. The number of aromatic nitrogens is 4. The molecule has 0 saturated heterocycles. The number of carbonyl (C=O) groups is 1. The smallest absolute Gasteiger partial charge is 0.261 e. The third-order valence-electron chi connectivity index (χ3n) is 3.26. The van der Waals surface area contributed by atoms with Crippen LogP contribution in [0.4, 0.5) is 5.69 Å². The van der Waals surface area contributed by atoms with E-state index in [4.69, 9.17) is 0 Å². The zero-order chi connectivity index (χ0) is 17.2. The van der Waals surface area contributed by atoms with Gasteiger partial charge in [-0.05, 0) is 47.7 Å². The van der Waals surface area contributed by atoms with Crippen LogP contribution in [-0.2, 0) is 10.0 Å². The molecule has 0 radical (unpaired) electrons. The van der Waals surface area contributed by atoms with Gasteiger partial charge in [-0.15, -0.1) is 5.10 Å². The molecule has 0 atom stereocenters. The molecule has 0 amide bonds. The first-order valence-electron chi connectivity index (χ1n) is 6.93. The Bertz CT molecular complexity index is 984. The Hall–Kier alpha value is -3.07. The van der Waals surface area contributed by atoms with Gasteiger partial charge in [-0.25, -0.2) is 13.1 Å². The molecular weight excluding hydrogens is 330 g/mol. The summed E-state index contributed by atoms with van der Waals surface area (Å²) >= 11 is 0. The molecule has 0 aliphatic rings. The van der Waals surface area contributed by atoms with E-state index in [0.29, 0.717) is 16.9 Å². The van der Waals surface area contributed by atoms with Gasteiger partial charge < -0.3 is 0 Å². The first-order valence-corrected chi connectivity index (χ1v) is 8.41. The number of sulfonamides is 1. The second-order valence-corrected chi connectivity index (χ2v) is 6.68. The van der Waals surface area contributed by atoms with Crippen LogP contribution in [0.3, 0.4) is 0 Å². The van der Waals surface area contributed by atoms with Gasteiger partial charge in [0.25, 0.3) is 10.0 Å². The van der Waals surface area contributed by atoms with Crippen molar-refractivity contribution >= 4 is 21.5 Å². The van der Waals surface area contributed by atoms with Gasteiger partial charge in [0, 0.05) is 5.56 Å². The summed E-state index contributed by atoms with van der Waals surface area (Å²) in [5, 5.41) is 10.8. The number of nitrogens with one attached hydrogen (secondary N) is 1. The van der Waals surface area contributed by atoms with Crippen molar-refractivity contribution in [1.82, 2.24) is 20.2 Å². The highest BCUT2D eigenvalue weighted by atomic mass is 32.2. The molecule has 9 heteroatoms. The summed E-state index contributed by atoms with van der Waals surface area (Å²) in [4.78, 5) is 11.4. The van der Waals surface area contributed by atoms with Gasteiger partial charge in [0.1, 0.15) is 6.33 Å². The number of anilines is 1. The topological polar surface area (TPSA) is 107 Å². The van der Waals surface area contributed by atoms with E-state index in [2.05, 4.69) is 20.2 Å². The molecule has 122 valence electrons. The molecular formula is C15H13N5O3S. The highest BCUT2D eigenvalue weighted by molar-refractivity contribution is 7.92. The van der Waals surface area contributed by atoms with Gasteiger partial charge in [-0.2, -0.15) is 0 Å². The number of benzene rings is 2. The van der Waals surface area contributed by atoms with E-state index < -0.39 is 10.0 Å². The summed E-state index contributed by atoms with van der Waals surface area (Å²) in [6, 6.07) is 12.5. The lowest BCUT2D eigenvalue weighted by molar-refractivity contribution is 0.101. The molecule has 1 heterocycles. The minimum Gasteiger partial charge on any atom is -0.295 e. The van der Waals surface area contributed by atoms with E-state index in [-0.39, 0.29) is 10.7 Å². The Morgan fingerprint density at radius 1 is 1.12 bits per heavy atom. The molecule has 0 bridgehead atoms. The molecule has 1 N–H and O–H groups in total. The third kappa shape index (κ3) is 3.30. The van der Waals surface area contributed by atoms with Crippen molar-refractivity contribution in [3.8, 4) is 5.69 Å². The van der Waals surface area contributed by atoms with Crippen LogP contribution in [-0.4, -0.2) is 34.4 Å². The van der Waals surface area contributed by atoms with E-state index in [1.807, 2.05) is 0 Å². The number of hydrogen-bond acceptors (Lipinski definition) is 6. The highest BCUT2D eigenvalue weighted by Crippen LogP contribution is 2.19. The zero-order valence-electron chi connectivity index (χ0n) is 12.6. The molecule has 0 aliphatic heterocycles. The fraction of sp³-hybridized carbons (Fsp3) is 0.0667. The van der Waals surface area contributed by atoms with Gasteiger partial charge in [0.15, 0.2) is 5.78 Å². The molecule has 0 unspecified atom stereocenters. The molecule has 0 saturated carbocycles. The van der Waals surface area contributed by atoms with Crippen LogP contribution >= 0.6 is 0 Å². The van der Waals surface area contributed by atoms with Crippen LogP contribution in [0, 0.1) is 0 Å². The predicted molar refractivity (Wildman–Crippen MR) is 86.4 cm³/mol. The standard InChI is InChI=1S/C15H13N5O3S/c1-11(21)12-4-2-7-15(8-12)24(22,23)17-13-5-3-6-14(9-13)20-10-16-18-19-20/h2-10,17H,1H3. The molecule has 0 aliphatic carbocycles. The second-order valence-electron chi connectivity index (χ2n) is 4.99. The maximum absolute atomic E-state index is 12.5. The Morgan fingerprint density at radius 2 is 1.92 bits per heavy atom. The normalized spacial score (nSPS) is 11.2. The van der Waals surface area contributed by atoms with Gasteiger partial charge in [0.05, 0.1) is 16.3 Å². The molecule has 0 fully saturated rings. The van der Waals surface area contributed by atoms with Crippen molar-refractivity contribution in [2.45, 2.75) is 11.8 Å². The van der Waals surface area contributed by atoms with Crippen LogP contribution in [0.25, 0.3) is 5.69 Å². The maximum Gasteiger partial charge on any atom is 0.261 e. The number of nitrogens with zero attached hydrogens (tertiary/aromatic N) is 4. The SMILES string of the molecule is CC(=O)c1cccc(S(=O)(=O)Nc2cccc(-n3cnnn3)c2)c1. The third-order valence-corrected chi connectivity index (χ3v) is 4.64. The number of tetrazole rings is 1. The van der Waals surface area contributed by atoms with Crippen LogP contribution in [0.1, 0.15) is 17.3 Å². The average Bonchev–Trinajstić information content (AvgIpc) is 3.09. The first kappa shape index (κ1) is 15.8. The van der Waals surface area contributed by atoms with Gasteiger partial charge >= 0.3 is 0 Å². The van der Waals surface area contributed by atoms with Crippen molar-refractivity contribution in [3.05, 3.63) is 60.4 Å². The summed E-state index contributed by atoms with van der Waals surface area (Å²) in [5.41, 5.74) is 1.30. The van der Waals surface area contributed by atoms with Crippen LogP contribution in [0.5, 0.6) is 0 Å². The monoisotopic (exact) mass is 343 g/mol. The highest BCUT2D eigenvalue weighted by Gasteiger charge is 2.16. The molecule has 2 aromatic carbocycles. The van der Waals surface area contributed by atoms with Crippen molar-refractivity contribution in [2.75, 3.05) is 4.72 Å². The second kappa shape index (κ2) is 6.20. The summed E-state index contributed by atoms with van der Waals surface area (Å²) in [6.07, 6.45) is 1.41. The minimum absolute atomic E-state index is 0.0167. The van der Waals surface area contributed by atoms with Crippen molar-refractivity contribution in [3.63, 3.8) is 0 Å². The quantitative estimate of drug-likeness (QED) is 0.706. The van der Waals surface area contributed by atoms with E-state index >= 15 is 0 Å². The molecule has 1 aromatic heterocycles. The van der Waals surface area contributed by atoms with E-state index in [9.17, 15) is 13.2 Å². The first-order chi connectivity index (χ1) is 11.5. The predicted octanol–water partition coefficient (Wildman–Crippen LogP) is 1.67. The number of Topliss-reactive ketones (excluding diaryl/α,β-unsaturated/α-hetero) is 1. The molecule has 3 rings (SSSR count). The number of ketones is 1. The fourth-order valence-electron chi connectivity index (χ4n) is 2.09. The fourth-order valence-corrected chi connectivity index (χ4v) is 3.18. The Morgan fingerprint density at radius 3 is 2.62 bits per heavy atom. The van der Waals surface area contributed by atoms with E-state index in [1.54, 1.807) is 30.3 Å². The van der Waals surface area contributed by atoms with Crippen LogP contribution in [0.2, 0.25) is 0 Å². The molecule has 3 aromatic rings. The van der Waals surface area contributed by atoms with E-state index in [0.717, 1.165) is 0 Å². The summed E-state index contributed by atoms with van der Waals surface area (Å²) < 4.78 is 28.9. The Balaban J connectivity index is 1.91. The van der Waals surface area contributed by atoms with Crippen molar-refractivity contribution < 1.29 is 13.2 Å². The maximum atomic E-state index is 12.5. The average molecular weight is 343 g/mol. The van der Waals surface area contributed by atoms with Gasteiger partial charge in [-0.1, -0.05) is 18.2 Å². The molecule has 0 spiro atoms. The molecule has 8 nitrogen and oxygen atoms in total. The van der Waals surface area contributed by atoms with Gasteiger partial charge in [0.2, 0.25) is 0 Å². The number of rotatable bonds is 5. The Kier molecular flexibility index (Phi) is 4.09. The van der Waals surface area contributed by atoms with Crippen molar-refractivity contribution in [1.29, 1.82) is 0 Å². The lowest BCUT2D eigenvalue weighted by atomic mass is 10.2. The number of hydrogen-bond donors (Lipinski definition) is 1. The summed E-state index contributed by atoms with van der Waals surface area (Å²) in [6.45, 7) is 1.38. The molecule has 24 heavy (non-hydrogen) atoms. The Labute approximate surface area is 138 Å². The van der Waals surface area contributed by atoms with Gasteiger partial charge in [-0.3, -0.25) is 9.52 Å². The minimum atomic E-state index is -3.82. The van der Waals surface area contributed by atoms with Crippen LogP contribution in [0.15, 0.2) is 59.8 Å². The van der Waals surface area contributed by atoms with Crippen molar-refractivity contribution in [2.24, 2.45) is 0 Å². The largest absolute Gasteiger partial charge is 0.295 e. The summed E-state index contributed by atoms with van der Waals surface area (Å²) in [7, 11) is -3.82.